The monoisotopic (exact) mass is 193 g/mol. The zero-order chi connectivity index (χ0) is 9.72. The van der Waals surface area contributed by atoms with Crippen LogP contribution in [0.5, 0.6) is 0 Å². The van der Waals surface area contributed by atoms with Crippen molar-refractivity contribution in [2.75, 3.05) is 5.75 Å². The Labute approximate surface area is 74.6 Å². The van der Waals surface area contributed by atoms with Crippen LogP contribution in [0.4, 0.5) is 0 Å². The maximum absolute atomic E-state index is 11.1. The zero-order valence-electron chi connectivity index (χ0n) is 7.32. The van der Waals surface area contributed by atoms with Crippen LogP contribution in [-0.2, 0) is 15.6 Å². The first-order chi connectivity index (χ1) is 5.45. The highest BCUT2D eigenvalue weighted by Gasteiger charge is 2.13. The summed E-state index contributed by atoms with van der Waals surface area (Å²) in [5, 5.41) is 8.48. The molecule has 4 nitrogen and oxygen atoms in total. The van der Waals surface area contributed by atoms with E-state index in [4.69, 9.17) is 10.8 Å². The molecule has 0 radical (unpaired) electrons. The lowest BCUT2D eigenvalue weighted by Crippen LogP contribution is -2.32. The van der Waals surface area contributed by atoms with Gasteiger partial charge in [0.25, 0.3) is 0 Å². The summed E-state index contributed by atoms with van der Waals surface area (Å²) in [6.07, 6.45) is 0.278. The maximum atomic E-state index is 11.1. The smallest absolute Gasteiger partial charge is 0.320 e. The Morgan fingerprint density at radius 3 is 2.42 bits per heavy atom. The molecule has 0 bridgehead atoms. The molecule has 3 N–H and O–H groups in total. The van der Waals surface area contributed by atoms with Crippen LogP contribution in [0.15, 0.2) is 0 Å². The second-order valence-corrected chi connectivity index (χ2v) is 4.98. The summed E-state index contributed by atoms with van der Waals surface area (Å²) in [6.45, 7) is 3.67. The predicted octanol–water partition coefficient (Wildman–Crippen LogP) is -0.0545. The quantitative estimate of drug-likeness (QED) is 0.641. The molecule has 0 rings (SSSR count). The van der Waals surface area contributed by atoms with Crippen LogP contribution in [0, 0.1) is 0 Å². The normalized spacial score (nSPS) is 16.0. The lowest BCUT2D eigenvalue weighted by molar-refractivity contribution is -0.138. The van der Waals surface area contributed by atoms with E-state index in [9.17, 15) is 9.00 Å². The predicted molar refractivity (Wildman–Crippen MR) is 48.4 cm³/mol. The van der Waals surface area contributed by atoms with Gasteiger partial charge in [-0.2, -0.15) is 0 Å². The summed E-state index contributed by atoms with van der Waals surface area (Å²) in [4.78, 5) is 10.3. The van der Waals surface area contributed by atoms with Crippen molar-refractivity contribution in [1.29, 1.82) is 0 Å². The molecule has 0 aromatic heterocycles. The third-order valence-corrected chi connectivity index (χ3v) is 3.16. The molecule has 5 heteroatoms. The maximum Gasteiger partial charge on any atom is 0.320 e. The molecule has 0 aromatic rings. The number of carbonyl (C=O) groups is 1. The Kier molecular flexibility index (Phi) is 5.08. The van der Waals surface area contributed by atoms with Crippen molar-refractivity contribution in [2.24, 2.45) is 5.73 Å². The summed E-state index contributed by atoms with van der Waals surface area (Å²) < 4.78 is 11.1. The lowest BCUT2D eigenvalue weighted by Gasteiger charge is -2.07. The molecule has 0 heterocycles. The molecule has 0 aliphatic carbocycles. The van der Waals surface area contributed by atoms with Crippen LogP contribution in [0.2, 0.25) is 0 Å². The number of rotatable bonds is 5. The number of hydrogen-bond acceptors (Lipinski definition) is 3. The van der Waals surface area contributed by atoms with E-state index in [-0.39, 0.29) is 11.7 Å². The average Bonchev–Trinajstić information content (AvgIpc) is 1.98. The molecule has 0 saturated heterocycles. The minimum atomic E-state index is -1.03. The number of carboxylic acids is 1. The van der Waals surface area contributed by atoms with Crippen LogP contribution < -0.4 is 5.73 Å². The molecule has 0 unspecified atom stereocenters. The van der Waals surface area contributed by atoms with E-state index in [1.54, 1.807) is 0 Å². The van der Waals surface area contributed by atoms with E-state index >= 15 is 0 Å². The Hall–Kier alpha value is -0.420. The van der Waals surface area contributed by atoms with Gasteiger partial charge in [-0.3, -0.25) is 9.00 Å². The van der Waals surface area contributed by atoms with E-state index in [1.165, 1.54) is 0 Å². The van der Waals surface area contributed by atoms with Crippen molar-refractivity contribution in [3.8, 4) is 0 Å². The highest BCUT2D eigenvalue weighted by molar-refractivity contribution is 7.85. The van der Waals surface area contributed by atoms with Gasteiger partial charge >= 0.3 is 5.97 Å². The van der Waals surface area contributed by atoms with E-state index < -0.39 is 22.8 Å². The Morgan fingerprint density at radius 1 is 1.58 bits per heavy atom. The summed E-state index contributed by atoms with van der Waals surface area (Å²) in [5.41, 5.74) is 5.23. The summed E-state index contributed by atoms with van der Waals surface area (Å²) in [6, 6.07) is -0.882. The van der Waals surface area contributed by atoms with Crippen LogP contribution in [0.25, 0.3) is 0 Å². The van der Waals surface area contributed by atoms with Crippen LogP contribution >= 0.6 is 0 Å². The van der Waals surface area contributed by atoms with Gasteiger partial charge in [0.1, 0.15) is 6.04 Å². The minimum Gasteiger partial charge on any atom is -0.480 e. The van der Waals surface area contributed by atoms with Crippen molar-refractivity contribution >= 4 is 16.8 Å². The fraction of sp³-hybridized carbons (Fsp3) is 0.857. The van der Waals surface area contributed by atoms with Crippen molar-refractivity contribution in [2.45, 2.75) is 31.6 Å². The molecule has 12 heavy (non-hydrogen) atoms. The van der Waals surface area contributed by atoms with Crippen molar-refractivity contribution in [3.05, 3.63) is 0 Å². The second kappa shape index (κ2) is 5.27. The average molecular weight is 193 g/mol. The Bertz CT molecular complexity index is 181. The standard InChI is InChI=1S/C7H15NO3S/c1-5(2)12(11)4-3-6(8)7(9)10/h5-6H,3-4,8H2,1-2H3,(H,9,10)/t6-,12-/m1/s1. The lowest BCUT2D eigenvalue weighted by atomic mass is 10.2. The van der Waals surface area contributed by atoms with Crippen LogP contribution in [0.1, 0.15) is 20.3 Å². The number of aliphatic carboxylic acids is 1. The summed E-state index contributed by atoms with van der Waals surface area (Å²) in [5.74, 6) is -0.666. The fourth-order valence-electron chi connectivity index (χ4n) is 0.602. The van der Waals surface area contributed by atoms with Gasteiger partial charge in [0.15, 0.2) is 0 Å². The van der Waals surface area contributed by atoms with Crippen molar-refractivity contribution in [1.82, 2.24) is 0 Å². The summed E-state index contributed by atoms with van der Waals surface area (Å²) >= 11 is 0. The van der Waals surface area contributed by atoms with Gasteiger partial charge in [-0.1, -0.05) is 13.8 Å². The topological polar surface area (TPSA) is 80.4 Å². The van der Waals surface area contributed by atoms with E-state index in [2.05, 4.69) is 0 Å². The second-order valence-electron chi connectivity index (χ2n) is 2.87. The molecule has 0 fully saturated rings. The van der Waals surface area contributed by atoms with Gasteiger partial charge in [-0.15, -0.1) is 0 Å². The molecular formula is C7H15NO3S. The largest absolute Gasteiger partial charge is 0.480 e. The highest BCUT2D eigenvalue weighted by atomic mass is 32.2. The first-order valence-corrected chi connectivity index (χ1v) is 5.19. The molecule has 2 atom stereocenters. The van der Waals surface area contributed by atoms with E-state index in [1.807, 2.05) is 13.8 Å². The third kappa shape index (κ3) is 4.46. The van der Waals surface area contributed by atoms with Crippen LogP contribution in [0.3, 0.4) is 0 Å². The molecule has 0 aliphatic heterocycles. The molecule has 72 valence electrons. The number of hydrogen-bond donors (Lipinski definition) is 2. The molecular weight excluding hydrogens is 178 g/mol. The van der Waals surface area contributed by atoms with Crippen molar-refractivity contribution < 1.29 is 14.1 Å². The van der Waals surface area contributed by atoms with Gasteiger partial charge < -0.3 is 10.8 Å². The van der Waals surface area contributed by atoms with Gasteiger partial charge in [-0.25, -0.2) is 0 Å². The van der Waals surface area contributed by atoms with Crippen molar-refractivity contribution in [3.63, 3.8) is 0 Å². The van der Waals surface area contributed by atoms with Crippen LogP contribution in [-0.4, -0.2) is 32.3 Å². The first-order valence-electron chi connectivity index (χ1n) is 3.80. The van der Waals surface area contributed by atoms with E-state index in [0.29, 0.717) is 5.75 Å². The Balaban J connectivity index is 3.69. The zero-order valence-corrected chi connectivity index (χ0v) is 8.13. The van der Waals surface area contributed by atoms with Gasteiger partial charge in [0.05, 0.1) is 0 Å². The molecule has 0 aliphatic rings. The molecule has 0 spiro atoms. The molecule has 0 amide bonds. The Morgan fingerprint density at radius 2 is 2.08 bits per heavy atom. The minimum absolute atomic E-state index is 0.0750. The SMILES string of the molecule is CC(C)[S@](=O)CC[C@@H](N)C(=O)O. The molecule has 0 saturated carbocycles. The van der Waals surface area contributed by atoms with E-state index in [0.717, 1.165) is 0 Å². The number of carboxylic acid groups (broad SMARTS) is 1. The third-order valence-electron chi connectivity index (χ3n) is 1.47. The summed E-state index contributed by atoms with van der Waals surface area (Å²) in [7, 11) is -0.952. The first kappa shape index (κ1) is 11.6. The fourth-order valence-corrected chi connectivity index (χ4v) is 1.56. The highest BCUT2D eigenvalue weighted by Crippen LogP contribution is 1.98. The van der Waals surface area contributed by atoms with Gasteiger partial charge in [0, 0.05) is 21.8 Å². The molecule has 0 aromatic carbocycles. The van der Waals surface area contributed by atoms with Gasteiger partial charge in [-0.05, 0) is 6.42 Å². The van der Waals surface area contributed by atoms with Gasteiger partial charge in [0.2, 0.25) is 0 Å². The number of nitrogens with two attached hydrogens (primary N) is 1.